The van der Waals surface area contributed by atoms with Crippen LogP contribution in [0.4, 0.5) is 0 Å². The quantitative estimate of drug-likeness (QED) is 0.0265. The fourth-order valence-corrected chi connectivity index (χ4v) is 5.27. The van der Waals surface area contributed by atoms with Crippen molar-refractivity contribution in [2.24, 2.45) is 0 Å². The van der Waals surface area contributed by atoms with Crippen molar-refractivity contribution in [1.82, 2.24) is 0 Å². The lowest BCUT2D eigenvalue weighted by Gasteiger charge is -2.20. The van der Waals surface area contributed by atoms with Crippen molar-refractivity contribution >= 4 is 19.8 Å². The molecule has 0 heterocycles. The van der Waals surface area contributed by atoms with E-state index in [2.05, 4.69) is 48.8 Å². The molecule has 0 amide bonds. The number of aliphatic hydroxyl groups is 2. The number of phosphoric acid groups is 1. The third-order valence-electron chi connectivity index (χ3n) is 7.30. The molecule has 0 radical (unpaired) electrons. The fraction of sp³-hybridized carbons (Fsp3) is 0.778. The molecule has 11 heteroatoms. The Labute approximate surface area is 284 Å². The highest BCUT2D eigenvalue weighted by Crippen LogP contribution is 2.43. The van der Waals surface area contributed by atoms with Gasteiger partial charge in [0.25, 0.3) is 0 Å². The van der Waals surface area contributed by atoms with Gasteiger partial charge < -0.3 is 24.6 Å². The lowest BCUT2D eigenvalue weighted by atomic mass is 10.1. The average Bonchev–Trinajstić information content (AvgIpc) is 3.05. The molecule has 47 heavy (non-hydrogen) atoms. The highest BCUT2D eigenvalue weighted by molar-refractivity contribution is 7.47. The zero-order valence-electron chi connectivity index (χ0n) is 29.2. The van der Waals surface area contributed by atoms with Gasteiger partial charge in [-0.2, -0.15) is 0 Å². The SMILES string of the molecule is CCCCCCCC/C=C/C/C=C/C/C=C/CCCC(=O)OC[C@@H](COP(=O)(O)OC[C@H](O)CO)OC(=O)CCCCCCCCC. The van der Waals surface area contributed by atoms with Gasteiger partial charge in [-0.15, -0.1) is 0 Å². The summed E-state index contributed by atoms with van der Waals surface area (Å²) in [5.41, 5.74) is 0. The van der Waals surface area contributed by atoms with Gasteiger partial charge in [0.1, 0.15) is 12.7 Å². The van der Waals surface area contributed by atoms with Gasteiger partial charge in [0.2, 0.25) is 0 Å². The van der Waals surface area contributed by atoms with Gasteiger partial charge in [0.15, 0.2) is 6.10 Å². The first-order valence-electron chi connectivity index (χ1n) is 17.9. The summed E-state index contributed by atoms with van der Waals surface area (Å²) in [6.07, 6.45) is 30.1. The minimum absolute atomic E-state index is 0.170. The second-order valence-corrected chi connectivity index (χ2v) is 13.4. The van der Waals surface area contributed by atoms with Crippen LogP contribution in [0, 0.1) is 0 Å². The van der Waals surface area contributed by atoms with Crippen molar-refractivity contribution in [3.8, 4) is 0 Å². The summed E-state index contributed by atoms with van der Waals surface area (Å²) in [6.45, 7) is 2.23. The molecular weight excluding hydrogens is 623 g/mol. The van der Waals surface area contributed by atoms with E-state index >= 15 is 0 Å². The average molecular weight is 689 g/mol. The standard InChI is InChI=1S/C36H65O10P/c1-3-5-7-9-11-12-13-14-15-16-17-18-19-20-22-23-25-27-35(39)43-31-34(32-45-47(41,42)44-30-33(38)29-37)46-36(40)28-26-24-21-10-8-6-4-2/h14-15,17-18,20,22,33-34,37-38H,3-13,16,19,21,23-32H2,1-2H3,(H,41,42)/b15-14+,18-17+,22-20+/t33-,34+/m1/s1. The van der Waals surface area contributed by atoms with E-state index < -0.39 is 51.8 Å². The Kier molecular flexibility index (Phi) is 31.5. The van der Waals surface area contributed by atoms with Gasteiger partial charge in [-0.1, -0.05) is 121 Å². The summed E-state index contributed by atoms with van der Waals surface area (Å²) >= 11 is 0. The highest BCUT2D eigenvalue weighted by atomic mass is 31.2. The summed E-state index contributed by atoms with van der Waals surface area (Å²) in [5.74, 6) is -0.996. The Morgan fingerprint density at radius 2 is 1.13 bits per heavy atom. The molecule has 3 N–H and O–H groups in total. The molecule has 0 aliphatic rings. The van der Waals surface area contributed by atoms with E-state index in [1.807, 2.05) is 6.08 Å². The van der Waals surface area contributed by atoms with Crippen molar-refractivity contribution < 1.29 is 47.8 Å². The van der Waals surface area contributed by atoms with Crippen LogP contribution in [-0.4, -0.2) is 65.7 Å². The molecule has 0 saturated heterocycles. The van der Waals surface area contributed by atoms with Crippen LogP contribution in [0.5, 0.6) is 0 Å². The molecule has 0 aliphatic carbocycles. The number of allylic oxidation sites excluding steroid dienone is 6. The Bertz CT molecular complexity index is 889. The number of esters is 2. The second kappa shape index (κ2) is 32.7. The first-order valence-corrected chi connectivity index (χ1v) is 19.4. The third kappa shape index (κ3) is 32.5. The number of carbonyl (C=O) groups is 2. The number of aliphatic hydroxyl groups excluding tert-OH is 2. The van der Waals surface area contributed by atoms with Gasteiger partial charge in [-0.05, 0) is 44.9 Å². The van der Waals surface area contributed by atoms with E-state index in [4.69, 9.17) is 19.1 Å². The smallest absolute Gasteiger partial charge is 0.462 e. The Hall–Kier alpha value is -1.81. The summed E-state index contributed by atoms with van der Waals surface area (Å²) in [6, 6.07) is 0. The molecule has 0 aromatic carbocycles. The maximum Gasteiger partial charge on any atom is 0.472 e. The first kappa shape index (κ1) is 45.2. The predicted octanol–water partition coefficient (Wildman–Crippen LogP) is 8.44. The number of hydrogen-bond acceptors (Lipinski definition) is 9. The minimum atomic E-state index is -4.61. The van der Waals surface area contributed by atoms with Gasteiger partial charge in [-0.3, -0.25) is 18.6 Å². The maximum atomic E-state index is 12.4. The molecule has 0 aliphatic heterocycles. The molecule has 10 nitrogen and oxygen atoms in total. The van der Waals surface area contributed by atoms with Gasteiger partial charge in [0, 0.05) is 12.8 Å². The molecule has 1 unspecified atom stereocenters. The number of unbranched alkanes of at least 4 members (excludes halogenated alkanes) is 13. The predicted molar refractivity (Wildman–Crippen MR) is 187 cm³/mol. The van der Waals surface area contributed by atoms with E-state index in [1.165, 1.54) is 57.8 Å². The van der Waals surface area contributed by atoms with E-state index in [9.17, 15) is 24.2 Å². The lowest BCUT2D eigenvalue weighted by Crippen LogP contribution is -2.29. The molecular formula is C36H65O10P. The van der Waals surface area contributed by atoms with Crippen LogP contribution in [-0.2, 0) is 32.7 Å². The van der Waals surface area contributed by atoms with E-state index in [1.54, 1.807) is 0 Å². The molecule has 0 aromatic rings. The van der Waals surface area contributed by atoms with Crippen LogP contribution in [0.3, 0.4) is 0 Å². The van der Waals surface area contributed by atoms with Crippen molar-refractivity contribution in [2.75, 3.05) is 26.4 Å². The van der Waals surface area contributed by atoms with E-state index in [0.29, 0.717) is 19.3 Å². The van der Waals surface area contributed by atoms with Crippen molar-refractivity contribution in [3.05, 3.63) is 36.5 Å². The number of phosphoric ester groups is 1. The van der Waals surface area contributed by atoms with E-state index in [0.717, 1.165) is 38.5 Å². The zero-order chi connectivity index (χ0) is 34.9. The van der Waals surface area contributed by atoms with Gasteiger partial charge in [0.05, 0.1) is 19.8 Å². The molecule has 0 fully saturated rings. The van der Waals surface area contributed by atoms with Crippen molar-refractivity contribution in [1.29, 1.82) is 0 Å². The maximum absolute atomic E-state index is 12.4. The number of carbonyl (C=O) groups excluding carboxylic acids is 2. The first-order chi connectivity index (χ1) is 22.7. The minimum Gasteiger partial charge on any atom is -0.462 e. The van der Waals surface area contributed by atoms with Gasteiger partial charge in [-0.25, -0.2) is 4.57 Å². The molecule has 0 saturated carbocycles. The van der Waals surface area contributed by atoms with Crippen LogP contribution < -0.4 is 0 Å². The van der Waals surface area contributed by atoms with Crippen LogP contribution in [0.2, 0.25) is 0 Å². The van der Waals surface area contributed by atoms with Crippen LogP contribution in [0.15, 0.2) is 36.5 Å². The molecule has 0 spiro atoms. The summed E-state index contributed by atoms with van der Waals surface area (Å²) < 4.78 is 32.3. The number of ether oxygens (including phenoxy) is 2. The number of hydrogen-bond donors (Lipinski definition) is 3. The van der Waals surface area contributed by atoms with E-state index in [-0.39, 0.29) is 19.4 Å². The van der Waals surface area contributed by atoms with Crippen molar-refractivity contribution in [3.63, 3.8) is 0 Å². The summed E-state index contributed by atoms with van der Waals surface area (Å²) in [7, 11) is -4.61. The van der Waals surface area contributed by atoms with Crippen molar-refractivity contribution in [2.45, 2.75) is 154 Å². The molecule has 0 bridgehead atoms. The molecule has 274 valence electrons. The van der Waals surface area contributed by atoms with Crippen LogP contribution in [0.25, 0.3) is 0 Å². The fourth-order valence-electron chi connectivity index (χ4n) is 4.48. The molecule has 0 aromatic heterocycles. The zero-order valence-corrected chi connectivity index (χ0v) is 30.1. The molecule has 0 rings (SSSR count). The molecule has 3 atom stereocenters. The topological polar surface area (TPSA) is 149 Å². The van der Waals surface area contributed by atoms with Crippen LogP contribution >= 0.6 is 7.82 Å². The Morgan fingerprint density at radius 3 is 1.72 bits per heavy atom. The normalized spacial score (nSPS) is 14.6. The highest BCUT2D eigenvalue weighted by Gasteiger charge is 2.27. The Balaban J connectivity index is 4.40. The second-order valence-electron chi connectivity index (χ2n) is 11.9. The van der Waals surface area contributed by atoms with Gasteiger partial charge >= 0.3 is 19.8 Å². The largest absolute Gasteiger partial charge is 0.472 e. The monoisotopic (exact) mass is 688 g/mol. The Morgan fingerprint density at radius 1 is 0.638 bits per heavy atom. The number of rotatable bonds is 33. The third-order valence-corrected chi connectivity index (χ3v) is 8.25. The summed E-state index contributed by atoms with van der Waals surface area (Å²) in [4.78, 5) is 34.6. The lowest BCUT2D eigenvalue weighted by molar-refractivity contribution is -0.161. The van der Waals surface area contributed by atoms with Crippen LogP contribution in [0.1, 0.15) is 142 Å². The summed E-state index contributed by atoms with van der Waals surface area (Å²) in [5, 5.41) is 18.2.